The van der Waals surface area contributed by atoms with E-state index < -0.39 is 11.9 Å². The summed E-state index contributed by atoms with van der Waals surface area (Å²) in [5.41, 5.74) is 3.81. The number of benzene rings is 3. The molecule has 6 nitrogen and oxygen atoms in total. The molecule has 1 atom stereocenters. The van der Waals surface area contributed by atoms with Crippen molar-refractivity contribution < 1.29 is 14.0 Å². The number of hydrogen-bond donors (Lipinski definition) is 0. The van der Waals surface area contributed by atoms with Crippen LogP contribution in [0.4, 0.5) is 10.1 Å². The maximum Gasteiger partial charge on any atom is 0.250 e. The Kier molecular flexibility index (Phi) is 6.20. The molecule has 188 valence electrons. The fraction of sp³-hybridized carbons (Fsp3) is 0.300. The van der Waals surface area contributed by atoms with Gasteiger partial charge in [-0.2, -0.15) is 0 Å². The monoisotopic (exact) mass is 496 g/mol. The van der Waals surface area contributed by atoms with Crippen molar-refractivity contribution in [2.24, 2.45) is 0 Å². The number of hydrogen-bond acceptors (Lipinski definition) is 3. The number of fused-ring (bicyclic) bond motifs is 2. The lowest BCUT2D eigenvalue weighted by atomic mass is 9.88. The first-order chi connectivity index (χ1) is 18.1. The third-order valence-corrected chi connectivity index (χ3v) is 7.67. The van der Waals surface area contributed by atoms with Crippen LogP contribution in [0.3, 0.4) is 0 Å². The van der Waals surface area contributed by atoms with Gasteiger partial charge in [0.15, 0.2) is 0 Å². The van der Waals surface area contributed by atoms with E-state index in [0.717, 1.165) is 47.8 Å². The fourth-order valence-corrected chi connectivity index (χ4v) is 5.87. The number of rotatable bonds is 5. The number of nitrogens with zero attached hydrogens (tertiary/aromatic N) is 4. The predicted molar refractivity (Wildman–Crippen MR) is 140 cm³/mol. The van der Waals surface area contributed by atoms with Crippen LogP contribution in [0.5, 0.6) is 0 Å². The number of carbonyl (C=O) groups is 2. The second-order valence-electron chi connectivity index (χ2n) is 9.96. The van der Waals surface area contributed by atoms with Crippen molar-refractivity contribution in [3.8, 4) is 0 Å². The molecule has 1 unspecified atom stereocenters. The Morgan fingerprint density at radius 2 is 1.76 bits per heavy atom. The van der Waals surface area contributed by atoms with Crippen molar-refractivity contribution in [2.45, 2.75) is 57.3 Å². The molecule has 1 fully saturated rings. The summed E-state index contributed by atoms with van der Waals surface area (Å²) in [4.78, 5) is 36.2. The number of aromatic nitrogens is 2. The van der Waals surface area contributed by atoms with Crippen molar-refractivity contribution >= 4 is 28.5 Å². The first-order valence-electron chi connectivity index (χ1n) is 13.0. The third kappa shape index (κ3) is 4.39. The summed E-state index contributed by atoms with van der Waals surface area (Å²) in [6.45, 7) is 0.514. The highest BCUT2D eigenvalue weighted by Gasteiger charge is 2.42. The molecule has 0 saturated heterocycles. The molecule has 1 aliphatic carbocycles. The zero-order valence-electron chi connectivity index (χ0n) is 20.6. The Morgan fingerprint density at radius 3 is 2.59 bits per heavy atom. The van der Waals surface area contributed by atoms with Crippen LogP contribution in [0, 0.1) is 5.82 Å². The maximum absolute atomic E-state index is 14.5. The molecule has 4 aromatic rings. The van der Waals surface area contributed by atoms with Gasteiger partial charge in [0.2, 0.25) is 5.91 Å². The smallest absolute Gasteiger partial charge is 0.250 e. The first-order valence-corrected chi connectivity index (χ1v) is 13.0. The molecule has 2 amide bonds. The maximum atomic E-state index is 14.5. The molecule has 1 saturated carbocycles. The molecule has 2 aliphatic rings. The van der Waals surface area contributed by atoms with E-state index in [9.17, 15) is 14.0 Å². The van der Waals surface area contributed by atoms with E-state index in [0.29, 0.717) is 12.2 Å². The molecule has 6 rings (SSSR count). The fourth-order valence-electron chi connectivity index (χ4n) is 5.87. The van der Waals surface area contributed by atoms with Gasteiger partial charge in [-0.15, -0.1) is 0 Å². The number of amides is 2. The number of para-hydroxylation sites is 2. The van der Waals surface area contributed by atoms with Crippen LogP contribution in [0.25, 0.3) is 11.0 Å². The minimum absolute atomic E-state index is 0.0214. The van der Waals surface area contributed by atoms with Crippen LogP contribution < -0.4 is 4.90 Å². The summed E-state index contributed by atoms with van der Waals surface area (Å²) >= 11 is 0. The lowest BCUT2D eigenvalue weighted by Crippen LogP contribution is -2.52. The normalized spacial score (nSPS) is 18.1. The lowest BCUT2D eigenvalue weighted by molar-refractivity contribution is -0.139. The summed E-state index contributed by atoms with van der Waals surface area (Å²) in [7, 11) is 0. The summed E-state index contributed by atoms with van der Waals surface area (Å²) < 4.78 is 16.2. The lowest BCUT2D eigenvalue weighted by Gasteiger charge is -2.44. The van der Waals surface area contributed by atoms with Gasteiger partial charge < -0.3 is 9.47 Å². The second kappa shape index (κ2) is 9.81. The highest BCUT2D eigenvalue weighted by atomic mass is 19.1. The van der Waals surface area contributed by atoms with Crippen molar-refractivity contribution in [1.29, 1.82) is 0 Å². The van der Waals surface area contributed by atoms with Crippen LogP contribution in [-0.4, -0.2) is 32.3 Å². The van der Waals surface area contributed by atoms with Gasteiger partial charge in [-0.05, 0) is 54.3 Å². The Labute approximate surface area is 215 Å². The predicted octanol–water partition coefficient (Wildman–Crippen LogP) is 5.62. The molecule has 1 aliphatic heterocycles. The molecule has 0 spiro atoms. The minimum atomic E-state index is -0.865. The van der Waals surface area contributed by atoms with Crippen LogP contribution in [-0.2, 0) is 22.7 Å². The Hall–Kier alpha value is -4.00. The topological polar surface area (TPSA) is 58.4 Å². The van der Waals surface area contributed by atoms with Gasteiger partial charge in [0.25, 0.3) is 5.91 Å². The number of imidazole rings is 1. The molecule has 1 aromatic heterocycles. The molecule has 37 heavy (non-hydrogen) atoms. The average Bonchev–Trinajstić information content (AvgIpc) is 3.33. The third-order valence-electron chi connectivity index (χ3n) is 7.67. The Morgan fingerprint density at radius 1 is 0.973 bits per heavy atom. The molecule has 0 bridgehead atoms. The number of carbonyl (C=O) groups excluding carboxylic acids is 2. The SMILES string of the molecule is O=C1C(N(C(=O)Cn2cnc3ccccc32)c2cccc(F)c2)c2ccccc2CN1C1CCCCC1. The summed E-state index contributed by atoms with van der Waals surface area (Å²) in [5, 5.41) is 0. The first kappa shape index (κ1) is 23.4. The summed E-state index contributed by atoms with van der Waals surface area (Å²) in [6, 6.07) is 20.7. The average molecular weight is 497 g/mol. The molecule has 2 heterocycles. The summed E-state index contributed by atoms with van der Waals surface area (Å²) in [5.74, 6) is -0.852. The van der Waals surface area contributed by atoms with Crippen molar-refractivity contribution in [3.63, 3.8) is 0 Å². The number of halogens is 1. The van der Waals surface area contributed by atoms with Crippen LogP contribution in [0.15, 0.2) is 79.1 Å². The standard InChI is InChI=1S/C30H29FN4O2/c31-22-10-8-13-24(17-22)35(28(36)19-33-20-32-26-15-6-7-16-27(26)33)29-25-14-5-4-9-21(25)18-34(30(29)37)23-11-2-1-3-12-23/h4-10,13-17,20,23,29H,1-3,11-12,18-19H2. The van der Waals surface area contributed by atoms with E-state index in [2.05, 4.69) is 4.98 Å². The summed E-state index contributed by atoms with van der Waals surface area (Å²) in [6.07, 6.45) is 6.95. The van der Waals surface area contributed by atoms with E-state index in [1.54, 1.807) is 23.0 Å². The zero-order chi connectivity index (χ0) is 25.4. The Bertz CT molecular complexity index is 1460. The van der Waals surface area contributed by atoms with E-state index in [1.165, 1.54) is 23.5 Å². The van der Waals surface area contributed by atoms with Gasteiger partial charge in [0.1, 0.15) is 18.4 Å². The molecular weight excluding hydrogens is 467 g/mol. The van der Waals surface area contributed by atoms with Crippen molar-refractivity contribution in [3.05, 3.63) is 96.1 Å². The quantitative estimate of drug-likeness (QED) is 0.360. The van der Waals surface area contributed by atoms with E-state index in [1.807, 2.05) is 53.4 Å². The zero-order valence-corrected chi connectivity index (χ0v) is 20.6. The van der Waals surface area contributed by atoms with Crippen LogP contribution in [0.2, 0.25) is 0 Å². The largest absolute Gasteiger partial charge is 0.333 e. The highest BCUT2D eigenvalue weighted by molar-refractivity contribution is 6.02. The van der Waals surface area contributed by atoms with E-state index in [4.69, 9.17) is 0 Å². The second-order valence-corrected chi connectivity index (χ2v) is 9.96. The van der Waals surface area contributed by atoms with Crippen LogP contribution >= 0.6 is 0 Å². The van der Waals surface area contributed by atoms with Gasteiger partial charge in [0, 0.05) is 18.3 Å². The van der Waals surface area contributed by atoms with Gasteiger partial charge in [-0.3, -0.25) is 14.5 Å². The number of anilines is 1. The van der Waals surface area contributed by atoms with E-state index >= 15 is 0 Å². The van der Waals surface area contributed by atoms with Gasteiger partial charge >= 0.3 is 0 Å². The molecule has 7 heteroatoms. The van der Waals surface area contributed by atoms with E-state index in [-0.39, 0.29) is 24.4 Å². The van der Waals surface area contributed by atoms with Crippen molar-refractivity contribution in [2.75, 3.05) is 4.90 Å². The molecule has 0 N–H and O–H groups in total. The highest BCUT2D eigenvalue weighted by Crippen LogP contribution is 2.38. The van der Waals surface area contributed by atoms with Crippen LogP contribution in [0.1, 0.15) is 49.3 Å². The van der Waals surface area contributed by atoms with Gasteiger partial charge in [-0.25, -0.2) is 9.37 Å². The molecular formula is C30H29FN4O2. The van der Waals surface area contributed by atoms with Gasteiger partial charge in [-0.1, -0.05) is 61.7 Å². The molecule has 3 aromatic carbocycles. The molecule has 0 radical (unpaired) electrons. The van der Waals surface area contributed by atoms with Crippen molar-refractivity contribution in [1.82, 2.24) is 14.5 Å². The van der Waals surface area contributed by atoms with Gasteiger partial charge in [0.05, 0.1) is 17.4 Å². The minimum Gasteiger partial charge on any atom is -0.333 e. The Balaban J connectivity index is 1.44.